The smallest absolute Gasteiger partial charge is 0.244 e. The quantitative estimate of drug-likeness (QED) is 0.781. The van der Waals surface area contributed by atoms with Gasteiger partial charge in [-0.25, -0.2) is 21.2 Å². The number of hydrogen-bond donors (Lipinski definition) is 1. The van der Waals surface area contributed by atoms with Crippen molar-refractivity contribution in [1.82, 2.24) is 4.31 Å². The number of sulfonamides is 2. The van der Waals surface area contributed by atoms with Crippen molar-refractivity contribution < 1.29 is 21.2 Å². The predicted octanol–water partition coefficient (Wildman–Crippen LogP) is 1.90. The van der Waals surface area contributed by atoms with E-state index in [9.17, 15) is 21.2 Å². The second-order valence-corrected chi connectivity index (χ2v) is 9.52. The molecular formula is C14H20FN3O4S2. The second kappa shape index (κ2) is 7.04. The Kier molecular flexibility index (Phi) is 5.97. The van der Waals surface area contributed by atoms with Gasteiger partial charge in [0, 0.05) is 7.05 Å². The van der Waals surface area contributed by atoms with Gasteiger partial charge >= 0.3 is 0 Å². The first-order chi connectivity index (χ1) is 10.9. The Morgan fingerprint density at radius 2 is 1.88 bits per heavy atom. The zero-order chi connectivity index (χ0) is 18.8. The summed E-state index contributed by atoms with van der Waals surface area (Å²) in [5.41, 5.74) is -1.65. The highest BCUT2D eigenvalue weighted by Crippen LogP contribution is 2.26. The Bertz CT molecular complexity index is 858. The third-order valence-electron chi connectivity index (χ3n) is 3.40. The van der Waals surface area contributed by atoms with Crippen molar-refractivity contribution in [2.24, 2.45) is 0 Å². The Hall–Kier alpha value is -1.70. The number of nitriles is 1. The molecule has 0 amide bonds. The van der Waals surface area contributed by atoms with Crippen molar-refractivity contribution in [2.75, 3.05) is 17.5 Å². The summed E-state index contributed by atoms with van der Waals surface area (Å²) < 4.78 is 65.3. The maximum Gasteiger partial charge on any atom is 0.244 e. The minimum atomic E-state index is -4.11. The SMILES string of the molecule is CCCS(=O)(=O)Nc1ccc(S(=O)(=O)N(C)C(C)(C)C#N)cc1F. The molecule has 1 rings (SSSR count). The summed E-state index contributed by atoms with van der Waals surface area (Å²) in [4.78, 5) is -0.371. The molecule has 1 aromatic rings. The monoisotopic (exact) mass is 377 g/mol. The molecule has 1 N–H and O–H groups in total. The summed E-state index contributed by atoms with van der Waals surface area (Å²) >= 11 is 0. The molecule has 7 nitrogen and oxygen atoms in total. The molecule has 0 heterocycles. The number of hydrogen-bond acceptors (Lipinski definition) is 5. The Morgan fingerprint density at radius 3 is 2.33 bits per heavy atom. The van der Waals surface area contributed by atoms with Crippen LogP contribution in [0.3, 0.4) is 0 Å². The van der Waals surface area contributed by atoms with E-state index in [2.05, 4.69) is 4.72 Å². The third kappa shape index (κ3) is 4.43. The van der Waals surface area contributed by atoms with Gasteiger partial charge in [0.25, 0.3) is 0 Å². The molecule has 0 saturated carbocycles. The van der Waals surface area contributed by atoms with Crippen LogP contribution in [0.15, 0.2) is 23.1 Å². The highest BCUT2D eigenvalue weighted by Gasteiger charge is 2.34. The molecule has 0 fully saturated rings. The first-order valence-electron chi connectivity index (χ1n) is 7.07. The lowest BCUT2D eigenvalue weighted by atomic mass is 10.1. The molecule has 0 atom stereocenters. The number of nitrogens with zero attached hydrogens (tertiary/aromatic N) is 2. The summed E-state index contributed by atoms with van der Waals surface area (Å²) in [5, 5.41) is 9.04. The Balaban J connectivity index is 3.23. The summed E-state index contributed by atoms with van der Waals surface area (Å²) in [7, 11) is -6.58. The molecule has 0 radical (unpaired) electrons. The molecule has 0 unspecified atom stereocenters. The van der Waals surface area contributed by atoms with Crippen LogP contribution in [0.4, 0.5) is 10.1 Å². The van der Waals surface area contributed by atoms with Crippen LogP contribution in [0.25, 0.3) is 0 Å². The number of halogens is 1. The van der Waals surface area contributed by atoms with Crippen LogP contribution in [-0.4, -0.2) is 39.5 Å². The van der Waals surface area contributed by atoms with Gasteiger partial charge in [-0.1, -0.05) is 6.92 Å². The van der Waals surface area contributed by atoms with E-state index in [1.54, 1.807) is 6.92 Å². The average Bonchev–Trinajstić information content (AvgIpc) is 2.48. The van der Waals surface area contributed by atoms with Crippen LogP contribution < -0.4 is 4.72 Å². The molecule has 1 aromatic carbocycles. The topological polar surface area (TPSA) is 107 Å². The maximum atomic E-state index is 14.1. The van der Waals surface area contributed by atoms with E-state index in [4.69, 9.17) is 5.26 Å². The van der Waals surface area contributed by atoms with Crippen LogP contribution in [0, 0.1) is 17.1 Å². The van der Waals surface area contributed by atoms with Gasteiger partial charge in [0.15, 0.2) is 0 Å². The van der Waals surface area contributed by atoms with Crippen LogP contribution in [0.2, 0.25) is 0 Å². The first kappa shape index (κ1) is 20.3. The number of nitrogens with one attached hydrogen (secondary N) is 1. The molecule has 0 bridgehead atoms. The lowest BCUT2D eigenvalue weighted by Gasteiger charge is -2.28. The molecule has 0 aliphatic carbocycles. The van der Waals surface area contributed by atoms with Crippen LogP contribution in [0.1, 0.15) is 27.2 Å². The van der Waals surface area contributed by atoms with Gasteiger partial charge in [-0.15, -0.1) is 0 Å². The van der Waals surface area contributed by atoms with Crippen molar-refractivity contribution in [1.29, 1.82) is 5.26 Å². The lowest BCUT2D eigenvalue weighted by Crippen LogP contribution is -2.43. The number of anilines is 1. The van der Waals surface area contributed by atoms with E-state index >= 15 is 0 Å². The van der Waals surface area contributed by atoms with E-state index in [0.717, 1.165) is 22.5 Å². The van der Waals surface area contributed by atoms with Gasteiger partial charge in [0.05, 0.1) is 22.4 Å². The molecular weight excluding hydrogens is 357 g/mol. The van der Waals surface area contributed by atoms with Gasteiger partial charge in [0.1, 0.15) is 11.4 Å². The highest BCUT2D eigenvalue weighted by molar-refractivity contribution is 7.92. The van der Waals surface area contributed by atoms with Crippen LogP contribution in [-0.2, 0) is 20.0 Å². The maximum absolute atomic E-state index is 14.1. The van der Waals surface area contributed by atoms with E-state index in [-0.39, 0.29) is 16.3 Å². The molecule has 0 spiro atoms. The van der Waals surface area contributed by atoms with Gasteiger partial charge in [-0.2, -0.15) is 9.57 Å². The number of rotatable bonds is 7. The molecule has 0 saturated heterocycles. The fourth-order valence-corrected chi connectivity index (χ4v) is 4.35. The fourth-order valence-electron chi connectivity index (χ4n) is 1.76. The highest BCUT2D eigenvalue weighted by atomic mass is 32.2. The zero-order valence-electron chi connectivity index (χ0n) is 13.9. The van der Waals surface area contributed by atoms with E-state index in [1.807, 2.05) is 6.07 Å². The minimum absolute atomic E-state index is 0.175. The summed E-state index contributed by atoms with van der Waals surface area (Å²) in [5.74, 6) is -1.19. The van der Waals surface area contributed by atoms with Crippen LogP contribution >= 0.6 is 0 Å². The molecule has 0 aromatic heterocycles. The summed E-state index contributed by atoms with van der Waals surface area (Å²) in [6, 6.07) is 4.71. The van der Waals surface area contributed by atoms with Crippen molar-refractivity contribution >= 4 is 25.7 Å². The Morgan fingerprint density at radius 1 is 1.29 bits per heavy atom. The third-order valence-corrected chi connectivity index (χ3v) is 6.90. The minimum Gasteiger partial charge on any atom is -0.281 e. The fraction of sp³-hybridized carbons (Fsp3) is 0.500. The summed E-state index contributed by atoms with van der Waals surface area (Å²) in [6.07, 6.45) is 0.359. The van der Waals surface area contributed by atoms with Gasteiger partial charge in [0.2, 0.25) is 20.0 Å². The van der Waals surface area contributed by atoms with E-state index in [1.165, 1.54) is 20.9 Å². The largest absolute Gasteiger partial charge is 0.281 e. The molecule has 134 valence electrons. The van der Waals surface area contributed by atoms with E-state index in [0.29, 0.717) is 6.42 Å². The second-order valence-electron chi connectivity index (χ2n) is 5.71. The average molecular weight is 377 g/mol. The summed E-state index contributed by atoms with van der Waals surface area (Å²) in [6.45, 7) is 4.49. The predicted molar refractivity (Wildman–Crippen MR) is 88.7 cm³/mol. The molecule has 10 heteroatoms. The first-order valence-corrected chi connectivity index (χ1v) is 10.2. The van der Waals surface area contributed by atoms with Crippen molar-refractivity contribution in [3.63, 3.8) is 0 Å². The van der Waals surface area contributed by atoms with Crippen molar-refractivity contribution in [3.05, 3.63) is 24.0 Å². The van der Waals surface area contributed by atoms with Crippen molar-refractivity contribution in [3.8, 4) is 6.07 Å². The normalized spacial score (nSPS) is 12.9. The van der Waals surface area contributed by atoms with Gasteiger partial charge < -0.3 is 0 Å². The molecule has 0 aliphatic rings. The van der Waals surface area contributed by atoms with Gasteiger partial charge in [-0.05, 0) is 38.5 Å². The van der Waals surface area contributed by atoms with E-state index < -0.39 is 31.4 Å². The Labute approximate surface area is 142 Å². The van der Waals surface area contributed by atoms with Crippen molar-refractivity contribution in [2.45, 2.75) is 37.6 Å². The number of benzene rings is 1. The standard InChI is InChI=1S/C14H20FN3O4S2/c1-5-8-23(19,20)17-13-7-6-11(9-12(13)15)24(21,22)18(4)14(2,3)10-16/h6-7,9,17H,5,8H2,1-4H3. The van der Waals surface area contributed by atoms with Crippen LogP contribution in [0.5, 0.6) is 0 Å². The molecule has 24 heavy (non-hydrogen) atoms. The molecule has 0 aliphatic heterocycles. The van der Waals surface area contributed by atoms with Gasteiger partial charge in [-0.3, -0.25) is 4.72 Å². The zero-order valence-corrected chi connectivity index (χ0v) is 15.5. The lowest BCUT2D eigenvalue weighted by molar-refractivity contribution is 0.337.